The highest BCUT2D eigenvalue weighted by Gasteiger charge is 1.94. The molecule has 2 nitrogen and oxygen atoms in total. The highest BCUT2D eigenvalue weighted by atomic mass is 32.2. The van der Waals surface area contributed by atoms with Crippen molar-refractivity contribution in [1.82, 2.24) is 0 Å². The van der Waals surface area contributed by atoms with Crippen LogP contribution in [0.3, 0.4) is 0 Å². The fourth-order valence-electron chi connectivity index (χ4n) is 1.25. The third kappa shape index (κ3) is 4.90. The van der Waals surface area contributed by atoms with Gasteiger partial charge in [0.15, 0.2) is 5.12 Å². The Kier molecular flexibility index (Phi) is 4.94. The Bertz CT molecular complexity index is 421. The van der Waals surface area contributed by atoms with Gasteiger partial charge in [-0.3, -0.25) is 4.79 Å². The van der Waals surface area contributed by atoms with E-state index in [1.165, 1.54) is 11.8 Å². The molecule has 0 saturated carbocycles. The van der Waals surface area contributed by atoms with E-state index in [0.29, 0.717) is 6.42 Å². The van der Waals surface area contributed by atoms with Gasteiger partial charge in [0, 0.05) is 24.7 Å². The van der Waals surface area contributed by atoms with E-state index in [1.54, 1.807) is 19.1 Å². The zero-order valence-electron chi connectivity index (χ0n) is 9.41. The topological polar surface area (TPSA) is 37.3 Å². The predicted molar refractivity (Wildman–Crippen MR) is 67.5 cm³/mol. The van der Waals surface area contributed by atoms with Crippen LogP contribution in [0.2, 0.25) is 0 Å². The number of phenolic OH excluding ortho intramolecular Hbond substituents is 1. The minimum absolute atomic E-state index is 0.120. The molecule has 0 fully saturated rings. The first-order valence-corrected chi connectivity index (χ1v) is 5.99. The highest BCUT2D eigenvalue weighted by molar-refractivity contribution is 8.13. The number of rotatable bonds is 2. The Morgan fingerprint density at radius 1 is 1.44 bits per heavy atom. The SMILES string of the molecule is CC(=O)SCCC#Cc1cc(C)cc(O)c1. The van der Waals surface area contributed by atoms with Crippen LogP contribution in [0.15, 0.2) is 18.2 Å². The second kappa shape index (κ2) is 6.24. The lowest BCUT2D eigenvalue weighted by molar-refractivity contribution is -0.109. The normalized spacial score (nSPS) is 9.38. The molecule has 0 radical (unpaired) electrons. The zero-order chi connectivity index (χ0) is 12.0. The van der Waals surface area contributed by atoms with Crippen LogP contribution in [0.5, 0.6) is 5.75 Å². The van der Waals surface area contributed by atoms with Crippen LogP contribution in [-0.2, 0) is 4.79 Å². The van der Waals surface area contributed by atoms with E-state index in [1.807, 2.05) is 13.0 Å². The Hall–Kier alpha value is -1.40. The Morgan fingerprint density at radius 2 is 2.19 bits per heavy atom. The van der Waals surface area contributed by atoms with E-state index in [-0.39, 0.29) is 10.9 Å². The van der Waals surface area contributed by atoms with Crippen molar-refractivity contribution in [3.05, 3.63) is 29.3 Å². The summed E-state index contributed by atoms with van der Waals surface area (Å²) in [5.74, 6) is 6.90. The van der Waals surface area contributed by atoms with Crippen LogP contribution < -0.4 is 0 Å². The smallest absolute Gasteiger partial charge is 0.185 e. The zero-order valence-corrected chi connectivity index (χ0v) is 10.2. The van der Waals surface area contributed by atoms with E-state index in [9.17, 15) is 9.90 Å². The standard InChI is InChI=1S/C13H14O2S/c1-10-7-12(9-13(15)8-10)5-3-4-6-16-11(2)14/h7-9,15H,4,6H2,1-2H3. The van der Waals surface area contributed by atoms with Gasteiger partial charge in [0.05, 0.1) is 0 Å². The summed E-state index contributed by atoms with van der Waals surface area (Å²) < 4.78 is 0. The first-order valence-electron chi connectivity index (χ1n) is 5.01. The summed E-state index contributed by atoms with van der Waals surface area (Å²) in [6.45, 7) is 3.47. The maximum atomic E-state index is 10.6. The number of thioether (sulfide) groups is 1. The van der Waals surface area contributed by atoms with Crippen molar-refractivity contribution in [1.29, 1.82) is 0 Å². The van der Waals surface area contributed by atoms with Crippen LogP contribution >= 0.6 is 11.8 Å². The molecule has 0 saturated heterocycles. The molecule has 3 heteroatoms. The lowest BCUT2D eigenvalue weighted by Crippen LogP contribution is -1.84. The summed E-state index contributed by atoms with van der Waals surface area (Å²) in [5, 5.41) is 9.47. The van der Waals surface area contributed by atoms with Crippen molar-refractivity contribution in [2.75, 3.05) is 5.75 Å². The lowest BCUT2D eigenvalue weighted by atomic mass is 10.1. The van der Waals surface area contributed by atoms with Crippen molar-refractivity contribution in [2.24, 2.45) is 0 Å². The van der Waals surface area contributed by atoms with Crippen LogP contribution in [0.1, 0.15) is 24.5 Å². The van der Waals surface area contributed by atoms with Crippen molar-refractivity contribution in [3.63, 3.8) is 0 Å². The number of phenols is 1. The van der Waals surface area contributed by atoms with E-state index < -0.39 is 0 Å². The van der Waals surface area contributed by atoms with Crippen LogP contribution in [0.4, 0.5) is 0 Å². The summed E-state index contributed by atoms with van der Waals surface area (Å²) >= 11 is 1.28. The largest absolute Gasteiger partial charge is 0.508 e. The number of carbonyl (C=O) groups is 1. The first-order chi connectivity index (χ1) is 7.58. The maximum absolute atomic E-state index is 10.6. The average molecular weight is 234 g/mol. The second-order valence-electron chi connectivity index (χ2n) is 3.45. The van der Waals surface area contributed by atoms with E-state index >= 15 is 0 Å². The summed E-state index contributed by atoms with van der Waals surface area (Å²) in [5.41, 5.74) is 1.80. The number of aromatic hydroxyl groups is 1. The molecule has 84 valence electrons. The van der Waals surface area contributed by atoms with E-state index in [0.717, 1.165) is 16.9 Å². The molecule has 0 unspecified atom stereocenters. The summed E-state index contributed by atoms with van der Waals surface area (Å²) in [4.78, 5) is 10.6. The molecule has 0 atom stereocenters. The molecule has 0 aliphatic rings. The third-order valence-corrected chi connectivity index (χ3v) is 2.64. The molecule has 0 aromatic heterocycles. The van der Waals surface area contributed by atoms with Crippen LogP contribution in [-0.4, -0.2) is 16.0 Å². The maximum Gasteiger partial charge on any atom is 0.185 e. The van der Waals surface area contributed by atoms with Crippen molar-refractivity contribution in [2.45, 2.75) is 20.3 Å². The number of carbonyl (C=O) groups excluding carboxylic acids is 1. The fourth-order valence-corrected chi connectivity index (χ4v) is 1.74. The molecule has 1 aromatic carbocycles. The van der Waals surface area contributed by atoms with Gasteiger partial charge in [-0.05, 0) is 30.7 Å². The average Bonchev–Trinajstić information content (AvgIpc) is 2.15. The second-order valence-corrected chi connectivity index (χ2v) is 4.72. The lowest BCUT2D eigenvalue weighted by Gasteiger charge is -1.96. The first kappa shape index (κ1) is 12.7. The summed E-state index contributed by atoms with van der Waals surface area (Å²) in [7, 11) is 0. The molecule has 0 aliphatic carbocycles. The van der Waals surface area contributed by atoms with Crippen LogP contribution in [0, 0.1) is 18.8 Å². The molecule has 0 aliphatic heterocycles. The van der Waals surface area contributed by atoms with Gasteiger partial charge in [-0.25, -0.2) is 0 Å². The predicted octanol–water partition coefficient (Wildman–Crippen LogP) is 2.72. The van der Waals surface area contributed by atoms with Gasteiger partial charge in [0.1, 0.15) is 5.75 Å². The molecule has 1 aromatic rings. The fraction of sp³-hybridized carbons (Fsp3) is 0.308. The van der Waals surface area contributed by atoms with Gasteiger partial charge in [-0.2, -0.15) is 0 Å². The minimum Gasteiger partial charge on any atom is -0.508 e. The molecule has 16 heavy (non-hydrogen) atoms. The highest BCUT2D eigenvalue weighted by Crippen LogP contribution is 2.14. The summed E-state index contributed by atoms with van der Waals surface area (Å²) in [6, 6.07) is 5.25. The van der Waals surface area contributed by atoms with Gasteiger partial charge >= 0.3 is 0 Å². The molecule has 1 rings (SSSR count). The van der Waals surface area contributed by atoms with Gasteiger partial charge in [-0.15, -0.1) is 0 Å². The van der Waals surface area contributed by atoms with Gasteiger partial charge in [-0.1, -0.05) is 23.6 Å². The molecule has 0 spiro atoms. The van der Waals surface area contributed by atoms with E-state index in [4.69, 9.17) is 0 Å². The van der Waals surface area contributed by atoms with Gasteiger partial charge in [0.2, 0.25) is 0 Å². The minimum atomic E-state index is 0.120. The van der Waals surface area contributed by atoms with E-state index in [2.05, 4.69) is 11.8 Å². The van der Waals surface area contributed by atoms with Crippen molar-refractivity contribution in [3.8, 4) is 17.6 Å². The molecular formula is C13H14O2S. The Balaban J connectivity index is 2.53. The molecule has 0 bridgehead atoms. The monoisotopic (exact) mass is 234 g/mol. The van der Waals surface area contributed by atoms with Gasteiger partial charge < -0.3 is 5.11 Å². The van der Waals surface area contributed by atoms with Gasteiger partial charge in [0.25, 0.3) is 0 Å². The Labute approximate surface area is 100 Å². The molecule has 0 amide bonds. The van der Waals surface area contributed by atoms with Crippen LogP contribution in [0.25, 0.3) is 0 Å². The van der Waals surface area contributed by atoms with Crippen molar-refractivity contribution < 1.29 is 9.90 Å². The molecular weight excluding hydrogens is 220 g/mol. The molecule has 1 N–H and O–H groups in total. The third-order valence-electron chi connectivity index (χ3n) is 1.83. The number of hydrogen-bond donors (Lipinski definition) is 1. The number of hydrogen-bond acceptors (Lipinski definition) is 3. The quantitative estimate of drug-likeness (QED) is 0.631. The van der Waals surface area contributed by atoms with Crippen molar-refractivity contribution >= 4 is 16.9 Å². The number of benzene rings is 1. The number of aryl methyl sites for hydroxylation is 1. The summed E-state index contributed by atoms with van der Waals surface area (Å²) in [6.07, 6.45) is 0.680. The Morgan fingerprint density at radius 3 is 2.81 bits per heavy atom. The molecule has 0 heterocycles.